The van der Waals surface area contributed by atoms with Crippen molar-refractivity contribution in [2.45, 2.75) is 31.7 Å². The van der Waals surface area contributed by atoms with Crippen LogP contribution in [0.4, 0.5) is 4.79 Å². The van der Waals surface area contributed by atoms with Crippen LogP contribution in [0.15, 0.2) is 0 Å². The summed E-state index contributed by atoms with van der Waals surface area (Å²) < 4.78 is 0. The van der Waals surface area contributed by atoms with Gasteiger partial charge in [0.05, 0.1) is 0 Å². The Balaban J connectivity index is 2.21. The summed E-state index contributed by atoms with van der Waals surface area (Å²) in [5, 5.41) is 11.0. The van der Waals surface area contributed by atoms with E-state index in [2.05, 4.69) is 17.9 Å². The summed E-state index contributed by atoms with van der Waals surface area (Å²) in [7, 11) is 0. The van der Waals surface area contributed by atoms with Crippen LogP contribution in [0.2, 0.25) is 0 Å². The molecule has 0 saturated heterocycles. The molecule has 70 valence electrons. The summed E-state index contributed by atoms with van der Waals surface area (Å²) in [5.41, 5.74) is 0. The second-order valence-corrected chi connectivity index (χ2v) is 3.71. The average molecular weight is 189 g/mol. The summed E-state index contributed by atoms with van der Waals surface area (Å²) in [4.78, 5) is 10.3. The maximum absolute atomic E-state index is 10.3. The van der Waals surface area contributed by atoms with Gasteiger partial charge >= 0.3 is 6.09 Å². The van der Waals surface area contributed by atoms with Crippen LogP contribution in [0.1, 0.15) is 25.7 Å². The normalized spacial score (nSPS) is 29.8. The molecule has 0 spiro atoms. The third-order valence-electron chi connectivity index (χ3n) is 2.43. The molecular weight excluding hydrogens is 174 g/mol. The zero-order valence-corrected chi connectivity index (χ0v) is 7.89. The summed E-state index contributed by atoms with van der Waals surface area (Å²) in [6.07, 6.45) is 3.25. The minimum atomic E-state index is -0.899. The van der Waals surface area contributed by atoms with E-state index in [0.29, 0.717) is 5.92 Å². The molecule has 0 aliphatic heterocycles. The predicted molar refractivity (Wildman–Crippen MR) is 50.8 cm³/mol. The molecule has 1 saturated carbocycles. The Morgan fingerprint density at radius 1 is 1.42 bits per heavy atom. The molecule has 1 rings (SSSR count). The maximum Gasteiger partial charge on any atom is 0.404 e. The van der Waals surface area contributed by atoms with Crippen molar-refractivity contribution in [3.8, 4) is 0 Å². The first-order valence-corrected chi connectivity index (χ1v) is 4.96. The number of hydrogen-bond acceptors (Lipinski definition) is 2. The van der Waals surface area contributed by atoms with Gasteiger partial charge in [-0.25, -0.2) is 4.79 Å². The lowest BCUT2D eigenvalue weighted by Gasteiger charge is -2.27. The molecule has 0 bridgehead atoms. The Kier molecular flexibility index (Phi) is 3.72. The Hall–Kier alpha value is -0.380. The third-order valence-corrected chi connectivity index (χ3v) is 2.95. The number of carboxylic acid groups (broad SMARTS) is 1. The van der Waals surface area contributed by atoms with Crippen molar-refractivity contribution in [1.29, 1.82) is 0 Å². The second-order valence-electron chi connectivity index (χ2n) is 3.35. The van der Waals surface area contributed by atoms with Gasteiger partial charge in [-0.1, -0.05) is 0 Å². The number of hydrogen-bond donors (Lipinski definition) is 3. The number of thiol groups is 1. The molecule has 1 aliphatic rings. The Morgan fingerprint density at radius 3 is 2.42 bits per heavy atom. The highest BCUT2D eigenvalue weighted by Crippen LogP contribution is 2.24. The van der Waals surface area contributed by atoms with Crippen molar-refractivity contribution < 1.29 is 9.90 Å². The molecule has 12 heavy (non-hydrogen) atoms. The van der Waals surface area contributed by atoms with E-state index in [0.717, 1.165) is 31.4 Å². The number of nitrogens with one attached hydrogen (secondary N) is 1. The topological polar surface area (TPSA) is 49.3 Å². The lowest BCUT2D eigenvalue weighted by atomic mass is 9.87. The molecule has 4 heteroatoms. The van der Waals surface area contributed by atoms with E-state index in [9.17, 15) is 4.79 Å². The van der Waals surface area contributed by atoms with Gasteiger partial charge in [-0.05, 0) is 37.4 Å². The van der Waals surface area contributed by atoms with Crippen LogP contribution in [-0.4, -0.2) is 23.0 Å². The molecular formula is C8H15NO2S. The molecule has 0 unspecified atom stereocenters. The van der Waals surface area contributed by atoms with Crippen LogP contribution >= 0.6 is 12.6 Å². The smallest absolute Gasteiger partial charge is 0.404 e. The lowest BCUT2D eigenvalue weighted by molar-refractivity contribution is 0.183. The maximum atomic E-state index is 10.3. The van der Waals surface area contributed by atoms with Gasteiger partial charge in [0, 0.05) is 6.04 Å². The summed E-state index contributed by atoms with van der Waals surface area (Å²) in [6.45, 7) is 0. The van der Waals surface area contributed by atoms with Gasteiger partial charge in [0.25, 0.3) is 0 Å². The molecule has 3 nitrogen and oxygen atoms in total. The molecule has 0 aromatic carbocycles. The van der Waals surface area contributed by atoms with Crippen LogP contribution in [0, 0.1) is 5.92 Å². The lowest BCUT2D eigenvalue weighted by Crippen LogP contribution is -2.36. The molecule has 1 fully saturated rings. The van der Waals surface area contributed by atoms with E-state index < -0.39 is 6.09 Å². The first-order valence-electron chi connectivity index (χ1n) is 4.32. The van der Waals surface area contributed by atoms with Gasteiger partial charge in [-0.2, -0.15) is 12.6 Å². The van der Waals surface area contributed by atoms with Crippen molar-refractivity contribution in [3.05, 3.63) is 0 Å². The molecule has 0 aromatic rings. The fraction of sp³-hybridized carbons (Fsp3) is 0.875. The molecule has 1 amide bonds. The van der Waals surface area contributed by atoms with Gasteiger partial charge in [0.1, 0.15) is 0 Å². The average Bonchev–Trinajstić information content (AvgIpc) is 2.05. The molecule has 0 heterocycles. The Labute approximate surface area is 77.9 Å². The fourth-order valence-corrected chi connectivity index (χ4v) is 2.03. The van der Waals surface area contributed by atoms with Crippen molar-refractivity contribution in [1.82, 2.24) is 5.32 Å². The largest absolute Gasteiger partial charge is 0.465 e. The van der Waals surface area contributed by atoms with Crippen LogP contribution < -0.4 is 5.32 Å². The minimum Gasteiger partial charge on any atom is -0.465 e. The van der Waals surface area contributed by atoms with E-state index >= 15 is 0 Å². The SMILES string of the molecule is O=C(O)NC1CCC(CS)CC1. The highest BCUT2D eigenvalue weighted by Gasteiger charge is 2.20. The van der Waals surface area contributed by atoms with E-state index in [1.807, 2.05) is 0 Å². The van der Waals surface area contributed by atoms with E-state index in [1.165, 1.54) is 0 Å². The van der Waals surface area contributed by atoms with Crippen molar-refractivity contribution in [2.24, 2.45) is 5.92 Å². The first-order chi connectivity index (χ1) is 5.72. The number of carbonyl (C=O) groups is 1. The highest BCUT2D eigenvalue weighted by atomic mass is 32.1. The van der Waals surface area contributed by atoms with Crippen molar-refractivity contribution >= 4 is 18.7 Å². The zero-order chi connectivity index (χ0) is 8.97. The summed E-state index contributed by atoms with van der Waals surface area (Å²) >= 11 is 4.23. The Morgan fingerprint density at radius 2 is 2.00 bits per heavy atom. The zero-order valence-electron chi connectivity index (χ0n) is 6.99. The summed E-state index contributed by atoms with van der Waals surface area (Å²) in [5.74, 6) is 1.62. The van der Waals surface area contributed by atoms with Crippen LogP contribution in [-0.2, 0) is 0 Å². The predicted octanol–water partition coefficient (Wildman–Crippen LogP) is 1.74. The summed E-state index contributed by atoms with van der Waals surface area (Å²) in [6, 6.07) is 0.179. The van der Waals surface area contributed by atoms with Crippen LogP contribution in [0.3, 0.4) is 0 Å². The Bertz CT molecular complexity index is 155. The second kappa shape index (κ2) is 4.60. The van der Waals surface area contributed by atoms with Gasteiger partial charge in [-0.15, -0.1) is 0 Å². The molecule has 0 aromatic heterocycles. The molecule has 0 atom stereocenters. The van der Waals surface area contributed by atoms with E-state index in [4.69, 9.17) is 5.11 Å². The van der Waals surface area contributed by atoms with E-state index in [-0.39, 0.29) is 6.04 Å². The molecule has 2 N–H and O–H groups in total. The third kappa shape index (κ3) is 2.93. The van der Waals surface area contributed by atoms with Gasteiger partial charge in [0.15, 0.2) is 0 Å². The van der Waals surface area contributed by atoms with Crippen molar-refractivity contribution in [2.75, 3.05) is 5.75 Å². The monoisotopic (exact) mass is 189 g/mol. The standard InChI is InChI=1S/C8H15NO2S/c10-8(11)9-7-3-1-6(5-12)2-4-7/h6-7,9,12H,1-5H2,(H,10,11). The quantitative estimate of drug-likeness (QED) is 0.579. The van der Waals surface area contributed by atoms with E-state index in [1.54, 1.807) is 0 Å². The molecule has 0 radical (unpaired) electrons. The fourth-order valence-electron chi connectivity index (χ4n) is 1.66. The highest BCUT2D eigenvalue weighted by molar-refractivity contribution is 7.80. The van der Waals surface area contributed by atoms with Gasteiger partial charge in [-0.3, -0.25) is 0 Å². The first kappa shape index (κ1) is 9.71. The number of amides is 1. The van der Waals surface area contributed by atoms with Crippen molar-refractivity contribution in [3.63, 3.8) is 0 Å². The van der Waals surface area contributed by atoms with Gasteiger partial charge < -0.3 is 10.4 Å². The van der Waals surface area contributed by atoms with Gasteiger partial charge in [0.2, 0.25) is 0 Å². The minimum absolute atomic E-state index is 0.179. The molecule has 1 aliphatic carbocycles. The van der Waals surface area contributed by atoms with Crippen LogP contribution in [0.5, 0.6) is 0 Å². The number of rotatable bonds is 2. The van der Waals surface area contributed by atoms with Crippen LogP contribution in [0.25, 0.3) is 0 Å².